The number of hydrogen-bond donors (Lipinski definition) is 1. The van der Waals surface area contributed by atoms with Crippen molar-refractivity contribution in [2.75, 3.05) is 11.9 Å². The van der Waals surface area contributed by atoms with Crippen molar-refractivity contribution in [2.45, 2.75) is 44.6 Å². The molecule has 0 aromatic heterocycles. The molecule has 1 heterocycles. The van der Waals surface area contributed by atoms with Crippen LogP contribution in [0.4, 0.5) is 5.69 Å². The maximum atomic E-state index is 12.4. The van der Waals surface area contributed by atoms with Crippen LogP contribution in [0.1, 0.15) is 38.5 Å². The average Bonchev–Trinajstić information content (AvgIpc) is 2.89. The standard InChI is InChI=1S/C17H20Cl2N2O2/c18-12-7-13(19)9-14(8-12)20-17(23)11-6-16(22)21(10-11)15-4-2-1-3-5-15/h7-9,11,15H,1-6,10H2,(H,20,23)/t11-/m1/s1. The molecule has 1 aromatic rings. The van der Waals surface area contributed by atoms with Gasteiger partial charge in [0.1, 0.15) is 0 Å². The van der Waals surface area contributed by atoms with Crippen LogP contribution < -0.4 is 5.32 Å². The monoisotopic (exact) mass is 354 g/mol. The van der Waals surface area contributed by atoms with Gasteiger partial charge in [-0.1, -0.05) is 42.5 Å². The molecule has 1 saturated heterocycles. The van der Waals surface area contributed by atoms with Gasteiger partial charge in [0.25, 0.3) is 0 Å². The van der Waals surface area contributed by atoms with Crippen LogP contribution in [-0.2, 0) is 9.59 Å². The number of hydrogen-bond acceptors (Lipinski definition) is 2. The number of nitrogens with zero attached hydrogens (tertiary/aromatic N) is 1. The fraction of sp³-hybridized carbons (Fsp3) is 0.529. The van der Waals surface area contributed by atoms with Crippen LogP contribution in [0, 0.1) is 5.92 Å². The van der Waals surface area contributed by atoms with Crippen molar-refractivity contribution < 1.29 is 9.59 Å². The highest BCUT2D eigenvalue weighted by Crippen LogP contribution is 2.30. The maximum Gasteiger partial charge on any atom is 0.229 e. The summed E-state index contributed by atoms with van der Waals surface area (Å²) >= 11 is 11.9. The molecule has 1 aromatic carbocycles. The first kappa shape index (κ1) is 16.6. The lowest BCUT2D eigenvalue weighted by atomic mass is 9.94. The third-order valence-corrected chi connectivity index (χ3v) is 5.11. The van der Waals surface area contributed by atoms with Crippen molar-refractivity contribution in [3.63, 3.8) is 0 Å². The number of nitrogens with one attached hydrogen (secondary N) is 1. The number of rotatable bonds is 3. The van der Waals surface area contributed by atoms with Crippen LogP contribution in [0.25, 0.3) is 0 Å². The Morgan fingerprint density at radius 1 is 1.09 bits per heavy atom. The number of carbonyl (C=O) groups excluding carboxylic acids is 2. The quantitative estimate of drug-likeness (QED) is 0.887. The van der Waals surface area contributed by atoms with E-state index in [1.807, 2.05) is 4.90 Å². The highest BCUT2D eigenvalue weighted by molar-refractivity contribution is 6.35. The number of amides is 2. The molecule has 0 unspecified atom stereocenters. The van der Waals surface area contributed by atoms with Crippen molar-refractivity contribution in [1.82, 2.24) is 4.90 Å². The summed E-state index contributed by atoms with van der Waals surface area (Å²) in [6, 6.07) is 5.24. The Balaban J connectivity index is 1.63. The molecule has 2 amide bonds. The lowest BCUT2D eigenvalue weighted by molar-refractivity contribution is -0.130. The molecule has 23 heavy (non-hydrogen) atoms. The molecule has 6 heteroatoms. The zero-order valence-corrected chi connectivity index (χ0v) is 14.4. The lowest BCUT2D eigenvalue weighted by Crippen LogP contribution is -2.38. The van der Waals surface area contributed by atoms with Crippen molar-refractivity contribution >= 4 is 40.7 Å². The van der Waals surface area contributed by atoms with Crippen LogP contribution >= 0.6 is 23.2 Å². The summed E-state index contributed by atoms with van der Waals surface area (Å²) in [4.78, 5) is 26.6. The van der Waals surface area contributed by atoms with Gasteiger partial charge in [0, 0.05) is 34.7 Å². The van der Waals surface area contributed by atoms with Gasteiger partial charge in [0.2, 0.25) is 11.8 Å². The molecule has 1 atom stereocenters. The topological polar surface area (TPSA) is 49.4 Å². The van der Waals surface area contributed by atoms with Crippen LogP contribution in [0.15, 0.2) is 18.2 Å². The third kappa shape index (κ3) is 3.99. The molecule has 2 aliphatic rings. The van der Waals surface area contributed by atoms with Gasteiger partial charge in [-0.2, -0.15) is 0 Å². The Morgan fingerprint density at radius 3 is 2.39 bits per heavy atom. The summed E-state index contributed by atoms with van der Waals surface area (Å²) < 4.78 is 0. The zero-order valence-electron chi connectivity index (χ0n) is 12.9. The molecule has 0 bridgehead atoms. The van der Waals surface area contributed by atoms with Crippen molar-refractivity contribution in [3.05, 3.63) is 28.2 Å². The van der Waals surface area contributed by atoms with E-state index >= 15 is 0 Å². The second-order valence-corrected chi connectivity index (χ2v) is 7.26. The van der Waals surface area contributed by atoms with E-state index in [0.717, 1.165) is 12.8 Å². The minimum Gasteiger partial charge on any atom is -0.339 e. The molecular formula is C17H20Cl2N2O2. The predicted octanol–water partition coefficient (Wildman–Crippen LogP) is 4.11. The van der Waals surface area contributed by atoms with E-state index in [9.17, 15) is 9.59 Å². The smallest absolute Gasteiger partial charge is 0.229 e. The highest BCUT2D eigenvalue weighted by atomic mass is 35.5. The predicted molar refractivity (Wildman–Crippen MR) is 91.8 cm³/mol. The lowest BCUT2D eigenvalue weighted by Gasteiger charge is -2.31. The minimum atomic E-state index is -0.304. The molecule has 1 saturated carbocycles. The van der Waals surface area contributed by atoms with Gasteiger partial charge in [0.05, 0.1) is 5.92 Å². The summed E-state index contributed by atoms with van der Waals surface area (Å²) in [5.41, 5.74) is 0.566. The van der Waals surface area contributed by atoms with E-state index in [1.165, 1.54) is 19.3 Å². The van der Waals surface area contributed by atoms with Gasteiger partial charge in [-0.3, -0.25) is 9.59 Å². The molecule has 1 N–H and O–H groups in total. The van der Waals surface area contributed by atoms with Crippen molar-refractivity contribution in [2.24, 2.45) is 5.92 Å². The summed E-state index contributed by atoms with van der Waals surface area (Å²) in [5.74, 6) is -0.349. The normalized spacial score (nSPS) is 22.4. The van der Waals surface area contributed by atoms with Gasteiger partial charge in [0.15, 0.2) is 0 Å². The average molecular weight is 355 g/mol. The molecule has 3 rings (SSSR count). The van der Waals surface area contributed by atoms with E-state index in [1.54, 1.807) is 18.2 Å². The maximum absolute atomic E-state index is 12.4. The minimum absolute atomic E-state index is 0.0983. The molecule has 0 spiro atoms. The zero-order chi connectivity index (χ0) is 16.4. The van der Waals surface area contributed by atoms with E-state index < -0.39 is 0 Å². The van der Waals surface area contributed by atoms with E-state index in [2.05, 4.69) is 5.32 Å². The fourth-order valence-corrected chi connectivity index (χ4v) is 4.05. The first-order valence-electron chi connectivity index (χ1n) is 8.09. The summed E-state index contributed by atoms with van der Waals surface area (Å²) in [5, 5.41) is 3.77. The molecule has 0 radical (unpaired) electrons. The Hall–Kier alpha value is -1.26. The highest BCUT2D eigenvalue weighted by Gasteiger charge is 2.38. The van der Waals surface area contributed by atoms with Crippen LogP contribution in [0.2, 0.25) is 10.0 Å². The second-order valence-electron chi connectivity index (χ2n) is 6.39. The molecular weight excluding hydrogens is 335 g/mol. The molecule has 2 fully saturated rings. The summed E-state index contributed by atoms with van der Waals surface area (Å²) in [6.45, 7) is 0.517. The summed E-state index contributed by atoms with van der Waals surface area (Å²) in [7, 11) is 0. The van der Waals surface area contributed by atoms with Gasteiger partial charge in [-0.15, -0.1) is 0 Å². The molecule has 1 aliphatic heterocycles. The van der Waals surface area contributed by atoms with Gasteiger partial charge in [-0.25, -0.2) is 0 Å². The Kier molecular flexibility index (Phi) is 5.12. The first-order chi connectivity index (χ1) is 11.0. The Bertz CT molecular complexity index is 594. The number of anilines is 1. The van der Waals surface area contributed by atoms with E-state index in [-0.39, 0.29) is 24.2 Å². The third-order valence-electron chi connectivity index (χ3n) is 4.67. The van der Waals surface area contributed by atoms with Crippen LogP contribution in [-0.4, -0.2) is 29.3 Å². The van der Waals surface area contributed by atoms with E-state index in [4.69, 9.17) is 23.2 Å². The number of benzene rings is 1. The first-order valence-corrected chi connectivity index (χ1v) is 8.85. The molecule has 124 valence electrons. The fourth-order valence-electron chi connectivity index (χ4n) is 3.52. The number of likely N-dealkylation sites (tertiary alicyclic amines) is 1. The van der Waals surface area contributed by atoms with E-state index in [0.29, 0.717) is 28.3 Å². The second kappa shape index (κ2) is 7.10. The number of carbonyl (C=O) groups is 2. The largest absolute Gasteiger partial charge is 0.339 e. The van der Waals surface area contributed by atoms with Crippen LogP contribution in [0.3, 0.4) is 0 Å². The molecule has 4 nitrogen and oxygen atoms in total. The van der Waals surface area contributed by atoms with Crippen LogP contribution in [0.5, 0.6) is 0 Å². The summed E-state index contributed by atoms with van der Waals surface area (Å²) in [6.07, 6.45) is 6.00. The Labute approximate surface area is 146 Å². The SMILES string of the molecule is O=C(Nc1cc(Cl)cc(Cl)c1)[C@@H]1CC(=O)N(C2CCCCC2)C1. The van der Waals surface area contributed by atoms with Gasteiger partial charge < -0.3 is 10.2 Å². The van der Waals surface area contributed by atoms with Gasteiger partial charge in [-0.05, 0) is 31.0 Å². The van der Waals surface area contributed by atoms with Crippen molar-refractivity contribution in [3.8, 4) is 0 Å². The van der Waals surface area contributed by atoms with Crippen molar-refractivity contribution in [1.29, 1.82) is 0 Å². The number of halogens is 2. The Morgan fingerprint density at radius 2 is 1.74 bits per heavy atom. The van der Waals surface area contributed by atoms with Gasteiger partial charge >= 0.3 is 0 Å². The molecule has 1 aliphatic carbocycles.